The molecule has 0 amide bonds. The van der Waals surface area contributed by atoms with Crippen LogP contribution in [0.25, 0.3) is 11.0 Å². The number of carboxylic acid groups (broad SMARTS) is 1. The van der Waals surface area contributed by atoms with Gasteiger partial charge in [-0.1, -0.05) is 32.0 Å². The molecule has 0 fully saturated rings. The quantitative estimate of drug-likeness (QED) is 0.866. The molecule has 0 unspecified atom stereocenters. The minimum absolute atomic E-state index is 0.0186. The van der Waals surface area contributed by atoms with Crippen molar-refractivity contribution in [3.8, 4) is 0 Å². The lowest BCUT2D eigenvalue weighted by molar-refractivity contribution is -0.136. The predicted octanol–water partition coefficient (Wildman–Crippen LogP) is 2.75. The molecule has 90 valence electrons. The summed E-state index contributed by atoms with van der Waals surface area (Å²) in [5.74, 6) is -0.835. The van der Waals surface area contributed by atoms with Crippen LogP contribution in [0, 0.1) is 0 Å². The Morgan fingerprint density at radius 2 is 2.12 bits per heavy atom. The second kappa shape index (κ2) is 3.87. The van der Waals surface area contributed by atoms with E-state index in [4.69, 9.17) is 9.63 Å². The highest BCUT2D eigenvalue weighted by atomic mass is 16.5. The first kappa shape index (κ1) is 11.6. The monoisotopic (exact) mass is 233 g/mol. The molecule has 1 aromatic heterocycles. The first-order valence-electron chi connectivity index (χ1n) is 5.48. The highest BCUT2D eigenvalue weighted by Crippen LogP contribution is 2.29. The van der Waals surface area contributed by atoms with E-state index >= 15 is 0 Å². The number of carbonyl (C=O) groups is 1. The molecule has 2 rings (SSSR count). The van der Waals surface area contributed by atoms with Gasteiger partial charge in [0.25, 0.3) is 0 Å². The van der Waals surface area contributed by atoms with E-state index in [-0.39, 0.29) is 11.8 Å². The Hall–Kier alpha value is -1.84. The molecule has 0 bridgehead atoms. The van der Waals surface area contributed by atoms with Gasteiger partial charge in [-0.15, -0.1) is 0 Å². The number of aromatic nitrogens is 1. The first-order chi connectivity index (χ1) is 7.88. The van der Waals surface area contributed by atoms with E-state index in [0.29, 0.717) is 5.58 Å². The SMILES string of the molecule is CC(C)(C)c1noc2ccc(CC(=O)O)cc12. The van der Waals surface area contributed by atoms with Gasteiger partial charge in [-0.05, 0) is 17.7 Å². The number of fused-ring (bicyclic) bond motifs is 1. The highest BCUT2D eigenvalue weighted by molar-refractivity contribution is 5.82. The maximum atomic E-state index is 10.7. The van der Waals surface area contributed by atoms with Gasteiger partial charge in [-0.3, -0.25) is 4.79 Å². The summed E-state index contributed by atoms with van der Waals surface area (Å²) in [5.41, 5.74) is 2.20. The average molecular weight is 233 g/mol. The van der Waals surface area contributed by atoms with Gasteiger partial charge in [0.1, 0.15) is 0 Å². The minimum atomic E-state index is -0.835. The van der Waals surface area contributed by atoms with E-state index in [1.54, 1.807) is 12.1 Å². The smallest absolute Gasteiger partial charge is 0.307 e. The maximum Gasteiger partial charge on any atom is 0.307 e. The molecule has 0 radical (unpaired) electrons. The molecular weight excluding hydrogens is 218 g/mol. The van der Waals surface area contributed by atoms with Crippen LogP contribution in [0.1, 0.15) is 32.0 Å². The number of hydrogen-bond acceptors (Lipinski definition) is 3. The standard InChI is InChI=1S/C13H15NO3/c1-13(2,3)12-9-6-8(7-11(15)16)4-5-10(9)17-14-12/h4-6H,7H2,1-3H3,(H,15,16). The van der Waals surface area contributed by atoms with Crippen LogP contribution in [0.3, 0.4) is 0 Å². The third kappa shape index (κ3) is 2.30. The second-order valence-corrected chi connectivity index (χ2v) is 5.18. The van der Waals surface area contributed by atoms with E-state index in [9.17, 15) is 4.79 Å². The Morgan fingerprint density at radius 3 is 2.71 bits per heavy atom. The summed E-state index contributed by atoms with van der Waals surface area (Å²) >= 11 is 0. The molecule has 0 atom stereocenters. The van der Waals surface area contributed by atoms with E-state index in [2.05, 4.69) is 5.16 Å². The molecule has 17 heavy (non-hydrogen) atoms. The number of rotatable bonds is 2. The van der Waals surface area contributed by atoms with Crippen molar-refractivity contribution in [1.82, 2.24) is 5.16 Å². The number of aliphatic carboxylic acids is 1. The van der Waals surface area contributed by atoms with E-state index in [1.165, 1.54) is 0 Å². The van der Waals surface area contributed by atoms with Crippen LogP contribution >= 0.6 is 0 Å². The number of carboxylic acids is 1. The lowest BCUT2D eigenvalue weighted by atomic mass is 9.89. The van der Waals surface area contributed by atoms with Crippen molar-refractivity contribution in [1.29, 1.82) is 0 Å². The normalized spacial score (nSPS) is 11.9. The summed E-state index contributed by atoms with van der Waals surface area (Å²) in [6.07, 6.45) is 0.0186. The van der Waals surface area contributed by atoms with Gasteiger partial charge in [-0.25, -0.2) is 0 Å². The zero-order valence-corrected chi connectivity index (χ0v) is 10.2. The topological polar surface area (TPSA) is 63.3 Å². The van der Waals surface area contributed by atoms with Crippen LogP contribution < -0.4 is 0 Å². The van der Waals surface area contributed by atoms with Gasteiger partial charge in [0.2, 0.25) is 0 Å². The number of benzene rings is 1. The molecule has 4 nitrogen and oxygen atoms in total. The molecule has 0 spiro atoms. The van der Waals surface area contributed by atoms with Crippen molar-refractivity contribution in [2.24, 2.45) is 0 Å². The molecule has 0 saturated carbocycles. The summed E-state index contributed by atoms with van der Waals surface area (Å²) in [7, 11) is 0. The van der Waals surface area contributed by atoms with Crippen molar-refractivity contribution in [2.75, 3.05) is 0 Å². The molecule has 0 aliphatic carbocycles. The third-order valence-corrected chi connectivity index (χ3v) is 2.60. The second-order valence-electron chi connectivity index (χ2n) is 5.18. The van der Waals surface area contributed by atoms with E-state index < -0.39 is 5.97 Å². The molecule has 0 saturated heterocycles. The van der Waals surface area contributed by atoms with Gasteiger partial charge in [0, 0.05) is 10.8 Å². The first-order valence-corrected chi connectivity index (χ1v) is 5.48. The largest absolute Gasteiger partial charge is 0.481 e. The van der Waals surface area contributed by atoms with Crippen LogP contribution in [-0.4, -0.2) is 16.2 Å². The van der Waals surface area contributed by atoms with Crippen molar-refractivity contribution in [3.05, 3.63) is 29.5 Å². The van der Waals surface area contributed by atoms with E-state index in [0.717, 1.165) is 16.6 Å². The van der Waals surface area contributed by atoms with Gasteiger partial charge in [0.15, 0.2) is 5.58 Å². The van der Waals surface area contributed by atoms with Gasteiger partial charge in [0.05, 0.1) is 12.1 Å². The minimum Gasteiger partial charge on any atom is -0.481 e. The molecular formula is C13H15NO3. The Balaban J connectivity index is 2.54. The molecule has 4 heteroatoms. The predicted molar refractivity (Wildman–Crippen MR) is 64.0 cm³/mol. The lowest BCUT2D eigenvalue weighted by Crippen LogP contribution is -2.11. The van der Waals surface area contributed by atoms with Crippen LogP contribution in [0.4, 0.5) is 0 Å². The Labute approximate surface area is 99.2 Å². The summed E-state index contributed by atoms with van der Waals surface area (Å²) in [6, 6.07) is 5.38. The van der Waals surface area contributed by atoms with Gasteiger partial charge < -0.3 is 9.63 Å². The summed E-state index contributed by atoms with van der Waals surface area (Å²) in [6.45, 7) is 6.15. The highest BCUT2D eigenvalue weighted by Gasteiger charge is 2.22. The van der Waals surface area contributed by atoms with Crippen LogP contribution in [0.2, 0.25) is 0 Å². The Morgan fingerprint density at radius 1 is 1.41 bits per heavy atom. The Bertz CT molecular complexity index is 564. The summed E-state index contributed by atoms with van der Waals surface area (Å²) < 4.78 is 5.24. The molecule has 1 heterocycles. The summed E-state index contributed by atoms with van der Waals surface area (Å²) in [4.78, 5) is 10.7. The molecule has 0 aliphatic rings. The van der Waals surface area contributed by atoms with Crippen molar-refractivity contribution < 1.29 is 14.4 Å². The fourth-order valence-corrected chi connectivity index (χ4v) is 1.81. The van der Waals surface area contributed by atoms with Gasteiger partial charge in [-0.2, -0.15) is 0 Å². The fraction of sp³-hybridized carbons (Fsp3) is 0.385. The fourth-order valence-electron chi connectivity index (χ4n) is 1.81. The van der Waals surface area contributed by atoms with E-state index in [1.807, 2.05) is 26.8 Å². The van der Waals surface area contributed by atoms with Crippen molar-refractivity contribution >= 4 is 16.9 Å². The number of hydrogen-bond donors (Lipinski definition) is 1. The maximum absolute atomic E-state index is 10.7. The van der Waals surface area contributed by atoms with Crippen molar-refractivity contribution in [3.63, 3.8) is 0 Å². The van der Waals surface area contributed by atoms with Crippen molar-refractivity contribution in [2.45, 2.75) is 32.6 Å². The third-order valence-electron chi connectivity index (χ3n) is 2.60. The summed E-state index contributed by atoms with van der Waals surface area (Å²) in [5, 5.41) is 13.7. The van der Waals surface area contributed by atoms with Gasteiger partial charge >= 0.3 is 5.97 Å². The molecule has 1 aromatic carbocycles. The Kier molecular flexibility index (Phi) is 2.65. The van der Waals surface area contributed by atoms with Crippen LogP contribution in [-0.2, 0) is 16.6 Å². The lowest BCUT2D eigenvalue weighted by Gasteiger charge is -2.14. The van der Waals surface area contributed by atoms with Crippen LogP contribution in [0.15, 0.2) is 22.7 Å². The average Bonchev–Trinajstić information content (AvgIpc) is 2.58. The number of nitrogens with zero attached hydrogens (tertiary/aromatic N) is 1. The zero-order chi connectivity index (χ0) is 12.6. The van der Waals surface area contributed by atoms with Crippen LogP contribution in [0.5, 0.6) is 0 Å². The zero-order valence-electron chi connectivity index (χ0n) is 10.2. The molecule has 2 aromatic rings. The molecule has 0 aliphatic heterocycles. The molecule has 1 N–H and O–H groups in total.